The van der Waals surface area contributed by atoms with E-state index in [0.29, 0.717) is 12.1 Å². The van der Waals surface area contributed by atoms with E-state index in [1.807, 2.05) is 0 Å². The van der Waals surface area contributed by atoms with Gasteiger partial charge in [-0.2, -0.15) is 0 Å². The molecule has 1 aromatic rings. The fourth-order valence-corrected chi connectivity index (χ4v) is 3.72. The van der Waals surface area contributed by atoms with E-state index in [1.54, 1.807) is 0 Å². The number of aryl methyl sites for hydroxylation is 1. The number of carbonyl (C=O) groups is 1. The summed E-state index contributed by atoms with van der Waals surface area (Å²) in [6.07, 6.45) is 15.7. The number of rotatable bonds is 14. The summed E-state index contributed by atoms with van der Waals surface area (Å²) in [5.74, 6) is 0.233. The van der Waals surface area contributed by atoms with Crippen molar-refractivity contribution in [3.05, 3.63) is 47.7 Å². The van der Waals surface area contributed by atoms with Crippen molar-refractivity contribution in [2.24, 2.45) is 11.1 Å². The van der Waals surface area contributed by atoms with E-state index in [9.17, 15) is 4.79 Å². The SMILES string of the molecule is C=C(N)C1(C(=O)Cc2ccc(CCCCCCCCCCC)cc2)CC1. The Kier molecular flexibility index (Phi) is 8.41. The Labute approximate surface area is 160 Å². The fourth-order valence-electron chi connectivity index (χ4n) is 3.72. The minimum absolute atomic E-state index is 0.233. The van der Waals surface area contributed by atoms with Crippen LogP contribution in [0.5, 0.6) is 0 Å². The van der Waals surface area contributed by atoms with E-state index < -0.39 is 5.41 Å². The topological polar surface area (TPSA) is 43.1 Å². The summed E-state index contributed by atoms with van der Waals surface area (Å²) in [7, 11) is 0. The van der Waals surface area contributed by atoms with E-state index in [4.69, 9.17) is 5.73 Å². The predicted octanol–water partition coefficient (Wildman–Crippen LogP) is 6.12. The second kappa shape index (κ2) is 10.5. The third-order valence-electron chi connectivity index (χ3n) is 5.86. The highest BCUT2D eigenvalue weighted by molar-refractivity contribution is 5.91. The highest BCUT2D eigenvalue weighted by Crippen LogP contribution is 2.50. The molecule has 0 atom stereocenters. The van der Waals surface area contributed by atoms with Crippen molar-refractivity contribution in [2.45, 2.75) is 90.4 Å². The van der Waals surface area contributed by atoms with Crippen molar-refractivity contribution >= 4 is 5.78 Å². The molecule has 1 fully saturated rings. The van der Waals surface area contributed by atoms with Crippen LogP contribution < -0.4 is 5.73 Å². The van der Waals surface area contributed by atoms with Gasteiger partial charge in [0.15, 0.2) is 0 Å². The number of allylic oxidation sites excluding steroid dienone is 1. The predicted molar refractivity (Wildman–Crippen MR) is 111 cm³/mol. The van der Waals surface area contributed by atoms with Crippen LogP contribution in [0, 0.1) is 5.41 Å². The van der Waals surface area contributed by atoms with Gasteiger partial charge in [0.25, 0.3) is 0 Å². The van der Waals surface area contributed by atoms with Gasteiger partial charge < -0.3 is 5.73 Å². The van der Waals surface area contributed by atoms with Crippen molar-refractivity contribution < 1.29 is 4.79 Å². The molecule has 1 aliphatic carbocycles. The Morgan fingerprint density at radius 3 is 1.92 bits per heavy atom. The van der Waals surface area contributed by atoms with E-state index in [1.165, 1.54) is 63.4 Å². The highest BCUT2D eigenvalue weighted by atomic mass is 16.1. The number of hydrogen-bond donors (Lipinski definition) is 1. The highest BCUT2D eigenvalue weighted by Gasteiger charge is 2.50. The van der Waals surface area contributed by atoms with Gasteiger partial charge in [-0.25, -0.2) is 0 Å². The molecule has 2 N–H and O–H groups in total. The first kappa shape index (κ1) is 20.7. The lowest BCUT2D eigenvalue weighted by molar-refractivity contribution is -0.122. The summed E-state index contributed by atoms with van der Waals surface area (Å²) in [5.41, 5.74) is 8.43. The normalized spacial score (nSPS) is 15.0. The van der Waals surface area contributed by atoms with Crippen LogP contribution in [-0.4, -0.2) is 5.78 Å². The van der Waals surface area contributed by atoms with Crippen molar-refractivity contribution in [2.75, 3.05) is 0 Å². The van der Waals surface area contributed by atoms with Crippen LogP contribution in [-0.2, 0) is 17.6 Å². The molecule has 0 bridgehead atoms. The van der Waals surface area contributed by atoms with E-state index in [-0.39, 0.29) is 5.78 Å². The molecule has 1 aromatic carbocycles. The Bertz CT molecular complexity index is 568. The van der Waals surface area contributed by atoms with Crippen LogP contribution in [0.3, 0.4) is 0 Å². The molecule has 1 aliphatic rings. The monoisotopic (exact) mass is 355 g/mol. The lowest BCUT2D eigenvalue weighted by atomic mass is 9.92. The molecule has 0 saturated heterocycles. The molecule has 2 heteroatoms. The molecule has 2 nitrogen and oxygen atoms in total. The number of unbranched alkanes of at least 4 members (excludes halogenated alkanes) is 8. The Balaban J connectivity index is 1.61. The second-order valence-corrected chi connectivity index (χ2v) is 8.10. The minimum Gasteiger partial charge on any atom is -0.402 e. The van der Waals surface area contributed by atoms with Crippen LogP contribution in [0.25, 0.3) is 0 Å². The fraction of sp³-hybridized carbons (Fsp3) is 0.625. The molecule has 0 unspecified atom stereocenters. The van der Waals surface area contributed by atoms with Gasteiger partial charge in [-0.3, -0.25) is 4.79 Å². The maximum Gasteiger partial charge on any atom is 0.149 e. The zero-order chi connectivity index (χ0) is 18.8. The first-order chi connectivity index (χ1) is 12.6. The molecule has 0 amide bonds. The molecule has 0 spiro atoms. The second-order valence-electron chi connectivity index (χ2n) is 8.10. The number of benzene rings is 1. The summed E-state index contributed by atoms with van der Waals surface area (Å²) < 4.78 is 0. The van der Waals surface area contributed by atoms with Crippen molar-refractivity contribution in [3.8, 4) is 0 Å². The molecule has 144 valence electrons. The molecule has 0 heterocycles. The van der Waals surface area contributed by atoms with Crippen LogP contribution in [0.4, 0.5) is 0 Å². The molecule has 0 radical (unpaired) electrons. The third kappa shape index (κ3) is 6.30. The summed E-state index contributed by atoms with van der Waals surface area (Å²) >= 11 is 0. The van der Waals surface area contributed by atoms with E-state index in [2.05, 4.69) is 37.8 Å². The minimum atomic E-state index is -0.408. The van der Waals surface area contributed by atoms with Gasteiger partial charge in [0.1, 0.15) is 5.78 Å². The van der Waals surface area contributed by atoms with Gasteiger partial charge in [-0.15, -0.1) is 0 Å². The molecular weight excluding hydrogens is 318 g/mol. The summed E-state index contributed by atoms with van der Waals surface area (Å²) in [4.78, 5) is 12.4. The summed E-state index contributed by atoms with van der Waals surface area (Å²) in [6.45, 7) is 6.07. The first-order valence-corrected chi connectivity index (χ1v) is 10.6. The maximum atomic E-state index is 12.4. The Morgan fingerprint density at radius 1 is 0.923 bits per heavy atom. The van der Waals surface area contributed by atoms with Gasteiger partial charge in [0, 0.05) is 12.1 Å². The Hall–Kier alpha value is -1.57. The van der Waals surface area contributed by atoms with Gasteiger partial charge in [-0.1, -0.05) is 89.1 Å². The number of ketones is 1. The van der Waals surface area contributed by atoms with E-state index in [0.717, 1.165) is 24.8 Å². The largest absolute Gasteiger partial charge is 0.402 e. The quantitative estimate of drug-likeness (QED) is 0.408. The number of Topliss-reactive ketones (excluding diaryl/α,β-unsaturated/α-hetero) is 1. The molecule has 26 heavy (non-hydrogen) atoms. The van der Waals surface area contributed by atoms with Crippen LogP contribution >= 0.6 is 0 Å². The van der Waals surface area contributed by atoms with Gasteiger partial charge >= 0.3 is 0 Å². The number of carbonyl (C=O) groups excluding carboxylic acids is 1. The molecular formula is C24H37NO. The summed E-state index contributed by atoms with van der Waals surface area (Å²) in [5, 5.41) is 0. The standard InChI is InChI=1S/C24H37NO/c1-3-4-5-6-7-8-9-10-11-12-21-13-15-22(16-14-21)19-23(26)24(17-18-24)20(2)25/h13-16H,2-12,17-19,25H2,1H3. The number of hydrogen-bond acceptors (Lipinski definition) is 2. The smallest absolute Gasteiger partial charge is 0.149 e. The van der Waals surface area contributed by atoms with Crippen LogP contribution in [0.15, 0.2) is 36.5 Å². The third-order valence-corrected chi connectivity index (χ3v) is 5.86. The number of nitrogens with two attached hydrogens (primary N) is 1. The van der Waals surface area contributed by atoms with Gasteiger partial charge in [0.2, 0.25) is 0 Å². The first-order valence-electron chi connectivity index (χ1n) is 10.6. The van der Waals surface area contributed by atoms with Crippen molar-refractivity contribution in [1.29, 1.82) is 0 Å². The zero-order valence-corrected chi connectivity index (χ0v) is 16.7. The van der Waals surface area contributed by atoms with Crippen LogP contribution in [0.2, 0.25) is 0 Å². The van der Waals surface area contributed by atoms with Crippen molar-refractivity contribution in [3.63, 3.8) is 0 Å². The van der Waals surface area contributed by atoms with Gasteiger partial charge in [-0.05, 0) is 36.8 Å². The Morgan fingerprint density at radius 2 is 1.42 bits per heavy atom. The summed E-state index contributed by atoms with van der Waals surface area (Å²) in [6, 6.07) is 8.58. The maximum absolute atomic E-state index is 12.4. The van der Waals surface area contributed by atoms with Crippen molar-refractivity contribution in [1.82, 2.24) is 0 Å². The molecule has 0 aliphatic heterocycles. The molecule has 0 aromatic heterocycles. The average Bonchev–Trinajstić information content (AvgIpc) is 3.44. The van der Waals surface area contributed by atoms with Crippen LogP contribution in [0.1, 0.15) is 88.7 Å². The lowest BCUT2D eigenvalue weighted by Crippen LogP contribution is -2.24. The molecule has 2 rings (SSSR count). The van der Waals surface area contributed by atoms with Gasteiger partial charge in [0.05, 0.1) is 5.41 Å². The van der Waals surface area contributed by atoms with E-state index >= 15 is 0 Å². The average molecular weight is 356 g/mol. The zero-order valence-electron chi connectivity index (χ0n) is 16.7. The lowest BCUT2D eigenvalue weighted by Gasteiger charge is -2.13. The molecule has 1 saturated carbocycles.